The smallest absolute Gasteiger partial charge is 0.309 e. The van der Waals surface area contributed by atoms with Crippen LogP contribution in [0.2, 0.25) is 0 Å². The van der Waals surface area contributed by atoms with Crippen molar-refractivity contribution >= 4 is 11.9 Å². The molecule has 2 heterocycles. The molecule has 0 unspecified atom stereocenters. The molecule has 6 nitrogen and oxygen atoms in total. The number of aromatic nitrogens is 1. The first-order valence-corrected chi connectivity index (χ1v) is 11.3. The summed E-state index contributed by atoms with van der Waals surface area (Å²) in [5.41, 5.74) is 4.45. The van der Waals surface area contributed by atoms with Crippen LogP contribution < -0.4 is 0 Å². The average Bonchev–Trinajstić information content (AvgIpc) is 2.80. The topological polar surface area (TPSA) is 79.7 Å². The van der Waals surface area contributed by atoms with Gasteiger partial charge in [0, 0.05) is 18.7 Å². The summed E-state index contributed by atoms with van der Waals surface area (Å²) < 4.78 is 5.38. The molecule has 1 aromatic heterocycles. The summed E-state index contributed by atoms with van der Waals surface area (Å²) in [5, 5.41) is 9.40. The minimum atomic E-state index is -0.903. The number of pyridine rings is 1. The van der Waals surface area contributed by atoms with Crippen LogP contribution in [0.1, 0.15) is 55.0 Å². The molecule has 0 spiro atoms. The molecule has 2 aromatic rings. The SMILES string of the molecule is O=C(O)Cc1cc(C2CCCCC2)c(-c2ccccc2)c(CC(=O)N2CCOCC2)n1. The fourth-order valence-corrected chi connectivity index (χ4v) is 4.79. The molecule has 1 aliphatic heterocycles. The van der Waals surface area contributed by atoms with Crippen molar-refractivity contribution < 1.29 is 19.4 Å². The molecule has 0 atom stereocenters. The largest absolute Gasteiger partial charge is 0.481 e. The summed E-state index contributed by atoms with van der Waals surface area (Å²) in [6.07, 6.45) is 5.83. The molecule has 2 aliphatic rings. The molecule has 1 aromatic carbocycles. The van der Waals surface area contributed by atoms with E-state index in [9.17, 15) is 14.7 Å². The monoisotopic (exact) mass is 422 g/mol. The van der Waals surface area contributed by atoms with Crippen LogP contribution in [0.15, 0.2) is 36.4 Å². The molecule has 4 rings (SSSR count). The Kier molecular flexibility index (Phi) is 6.97. The number of morpholine rings is 1. The van der Waals surface area contributed by atoms with Gasteiger partial charge in [-0.1, -0.05) is 49.6 Å². The molecule has 1 N–H and O–H groups in total. The summed E-state index contributed by atoms with van der Waals surface area (Å²) in [7, 11) is 0. The minimum absolute atomic E-state index is 0.0232. The highest BCUT2D eigenvalue weighted by molar-refractivity contribution is 5.83. The fraction of sp³-hybridized carbons (Fsp3) is 0.480. The molecule has 2 fully saturated rings. The maximum atomic E-state index is 13.1. The summed E-state index contributed by atoms with van der Waals surface area (Å²) in [6.45, 7) is 2.28. The first-order valence-electron chi connectivity index (χ1n) is 11.3. The van der Waals surface area contributed by atoms with Gasteiger partial charge in [0.05, 0.1) is 37.4 Å². The van der Waals surface area contributed by atoms with E-state index in [4.69, 9.17) is 9.72 Å². The second-order valence-electron chi connectivity index (χ2n) is 8.47. The van der Waals surface area contributed by atoms with E-state index in [-0.39, 0.29) is 18.7 Å². The van der Waals surface area contributed by atoms with E-state index in [0.29, 0.717) is 43.6 Å². The van der Waals surface area contributed by atoms with E-state index < -0.39 is 5.97 Å². The number of nitrogens with zero attached hydrogens (tertiary/aromatic N) is 2. The zero-order valence-electron chi connectivity index (χ0n) is 17.9. The van der Waals surface area contributed by atoms with Gasteiger partial charge in [-0.05, 0) is 36.0 Å². The molecule has 1 saturated carbocycles. The van der Waals surface area contributed by atoms with Gasteiger partial charge >= 0.3 is 5.97 Å². The lowest BCUT2D eigenvalue weighted by atomic mass is 9.80. The Bertz CT molecular complexity index is 917. The summed E-state index contributed by atoms with van der Waals surface area (Å²) in [6, 6.07) is 12.1. The Hall–Kier alpha value is -2.73. The number of ether oxygens (including phenoxy) is 1. The zero-order valence-corrected chi connectivity index (χ0v) is 17.9. The predicted octanol–water partition coefficient (Wildman–Crippen LogP) is 3.82. The third kappa shape index (κ3) is 5.31. The molecular weight excluding hydrogens is 392 g/mol. The van der Waals surface area contributed by atoms with E-state index in [1.54, 1.807) is 0 Å². The molecule has 31 heavy (non-hydrogen) atoms. The van der Waals surface area contributed by atoms with Gasteiger partial charge in [-0.3, -0.25) is 14.6 Å². The van der Waals surface area contributed by atoms with Crippen molar-refractivity contribution in [3.05, 3.63) is 53.3 Å². The number of benzene rings is 1. The Morgan fingerprint density at radius 1 is 1.03 bits per heavy atom. The maximum absolute atomic E-state index is 13.1. The van der Waals surface area contributed by atoms with E-state index in [0.717, 1.165) is 29.5 Å². The standard InChI is InChI=1S/C25H30N2O4/c28-23(27-11-13-31-14-12-27)17-22-25(19-9-5-2-6-10-19)21(18-7-3-1-4-8-18)15-20(26-22)16-24(29)30/h2,5-6,9-10,15,18H,1,3-4,7-8,11-14,16-17H2,(H,29,30). The van der Waals surface area contributed by atoms with E-state index in [1.165, 1.54) is 19.3 Å². The van der Waals surface area contributed by atoms with Crippen LogP contribution >= 0.6 is 0 Å². The van der Waals surface area contributed by atoms with Crippen molar-refractivity contribution in [3.8, 4) is 11.1 Å². The molecule has 1 amide bonds. The number of amides is 1. The van der Waals surface area contributed by atoms with Gasteiger partial charge in [-0.2, -0.15) is 0 Å². The Morgan fingerprint density at radius 2 is 1.74 bits per heavy atom. The number of carboxylic acids is 1. The van der Waals surface area contributed by atoms with Gasteiger partial charge in [0.25, 0.3) is 0 Å². The van der Waals surface area contributed by atoms with Crippen molar-refractivity contribution in [2.45, 2.75) is 50.9 Å². The number of hydrogen-bond acceptors (Lipinski definition) is 4. The van der Waals surface area contributed by atoms with Crippen LogP contribution in [0.3, 0.4) is 0 Å². The number of aliphatic carboxylic acids is 1. The lowest BCUT2D eigenvalue weighted by Gasteiger charge is -2.29. The van der Waals surface area contributed by atoms with Crippen LogP contribution in [0.4, 0.5) is 0 Å². The average molecular weight is 423 g/mol. The van der Waals surface area contributed by atoms with Crippen LogP contribution in [0.5, 0.6) is 0 Å². The third-order valence-electron chi connectivity index (χ3n) is 6.30. The first-order chi connectivity index (χ1) is 15.1. The highest BCUT2D eigenvalue weighted by Gasteiger charge is 2.26. The van der Waals surface area contributed by atoms with E-state index in [2.05, 4.69) is 12.1 Å². The quantitative estimate of drug-likeness (QED) is 0.765. The van der Waals surface area contributed by atoms with Gasteiger partial charge in [-0.15, -0.1) is 0 Å². The highest BCUT2D eigenvalue weighted by Crippen LogP contribution is 2.40. The van der Waals surface area contributed by atoms with Crippen molar-refractivity contribution in [3.63, 3.8) is 0 Å². The molecule has 1 aliphatic carbocycles. The Balaban J connectivity index is 1.79. The summed E-state index contributed by atoms with van der Waals surface area (Å²) >= 11 is 0. The fourth-order valence-electron chi connectivity index (χ4n) is 4.79. The lowest BCUT2D eigenvalue weighted by Crippen LogP contribution is -2.41. The number of carbonyl (C=O) groups excluding carboxylic acids is 1. The molecule has 1 saturated heterocycles. The van der Waals surface area contributed by atoms with Crippen LogP contribution in [0.25, 0.3) is 11.1 Å². The molecule has 0 bridgehead atoms. The van der Waals surface area contributed by atoms with Gasteiger partial charge in [-0.25, -0.2) is 0 Å². The Labute approximate surface area is 183 Å². The normalized spacial score (nSPS) is 17.5. The van der Waals surface area contributed by atoms with Crippen molar-refractivity contribution in [1.29, 1.82) is 0 Å². The van der Waals surface area contributed by atoms with Crippen LogP contribution in [0, 0.1) is 0 Å². The first kappa shape index (κ1) is 21.5. The lowest BCUT2D eigenvalue weighted by molar-refractivity contribution is -0.136. The molecule has 164 valence electrons. The zero-order chi connectivity index (χ0) is 21.6. The van der Waals surface area contributed by atoms with Crippen LogP contribution in [-0.2, 0) is 27.2 Å². The van der Waals surface area contributed by atoms with Crippen molar-refractivity contribution in [1.82, 2.24) is 9.88 Å². The highest BCUT2D eigenvalue weighted by atomic mass is 16.5. The van der Waals surface area contributed by atoms with Gasteiger partial charge in [0.1, 0.15) is 0 Å². The Morgan fingerprint density at radius 3 is 2.42 bits per heavy atom. The number of rotatable bonds is 6. The third-order valence-corrected chi connectivity index (χ3v) is 6.30. The minimum Gasteiger partial charge on any atom is -0.481 e. The molecule has 6 heteroatoms. The number of carboxylic acid groups (broad SMARTS) is 1. The van der Waals surface area contributed by atoms with Crippen LogP contribution in [-0.4, -0.2) is 53.2 Å². The number of hydrogen-bond donors (Lipinski definition) is 1. The molecule has 0 radical (unpaired) electrons. The van der Waals surface area contributed by atoms with E-state index >= 15 is 0 Å². The maximum Gasteiger partial charge on any atom is 0.309 e. The van der Waals surface area contributed by atoms with Crippen molar-refractivity contribution in [2.75, 3.05) is 26.3 Å². The van der Waals surface area contributed by atoms with Gasteiger partial charge in [0.15, 0.2) is 0 Å². The van der Waals surface area contributed by atoms with Gasteiger partial charge in [0.2, 0.25) is 5.91 Å². The second-order valence-corrected chi connectivity index (χ2v) is 8.47. The summed E-state index contributed by atoms with van der Waals surface area (Å²) in [4.78, 5) is 31.1. The number of carbonyl (C=O) groups is 2. The van der Waals surface area contributed by atoms with E-state index in [1.807, 2.05) is 29.2 Å². The van der Waals surface area contributed by atoms with Crippen molar-refractivity contribution in [2.24, 2.45) is 0 Å². The molecular formula is C25H30N2O4. The predicted molar refractivity (Wildman–Crippen MR) is 118 cm³/mol. The second kappa shape index (κ2) is 10.1. The van der Waals surface area contributed by atoms with Gasteiger partial charge < -0.3 is 14.7 Å². The summed E-state index contributed by atoms with van der Waals surface area (Å²) in [5.74, 6) is -0.508.